The molecule has 1 aromatic carbocycles. The van der Waals surface area contributed by atoms with Gasteiger partial charge in [-0.05, 0) is 31.9 Å². The Morgan fingerprint density at radius 1 is 1.18 bits per heavy atom. The summed E-state index contributed by atoms with van der Waals surface area (Å²) in [6.07, 6.45) is 6.58. The van der Waals surface area contributed by atoms with Gasteiger partial charge in [-0.2, -0.15) is 0 Å². The van der Waals surface area contributed by atoms with Crippen LogP contribution in [0.25, 0.3) is 16.7 Å². The number of fused-ring (bicyclic) bond motifs is 2. The lowest BCUT2D eigenvalue weighted by Gasteiger charge is -2.41. The van der Waals surface area contributed by atoms with Crippen LogP contribution in [0.15, 0.2) is 43.0 Å². The number of aryl methyl sites for hydroxylation is 1. The van der Waals surface area contributed by atoms with E-state index in [2.05, 4.69) is 51.3 Å². The molecular weight excluding hydrogens is 433 g/mol. The number of aromatic nitrogens is 4. The molecule has 1 aliphatic heterocycles. The second-order valence-electron chi connectivity index (χ2n) is 9.35. The van der Waals surface area contributed by atoms with Crippen molar-refractivity contribution in [1.29, 1.82) is 0 Å². The minimum atomic E-state index is -0.501. The molecule has 1 fully saturated rings. The summed E-state index contributed by atoms with van der Waals surface area (Å²) in [7, 11) is 0. The fourth-order valence-corrected chi connectivity index (χ4v) is 4.64. The molecule has 8 nitrogen and oxygen atoms in total. The summed E-state index contributed by atoms with van der Waals surface area (Å²) in [5, 5.41) is 6.46. The molecule has 2 N–H and O–H groups in total. The minimum absolute atomic E-state index is 0.223. The fraction of sp³-hybridized carbons (Fsp3) is 0.360. The van der Waals surface area contributed by atoms with Crippen molar-refractivity contribution in [2.45, 2.75) is 39.8 Å². The summed E-state index contributed by atoms with van der Waals surface area (Å²) in [6, 6.07) is 5.66. The van der Waals surface area contributed by atoms with Crippen molar-refractivity contribution in [2.75, 3.05) is 23.3 Å². The first-order valence-corrected chi connectivity index (χ1v) is 11.5. The molecule has 0 saturated carbocycles. The molecule has 9 heteroatoms. The van der Waals surface area contributed by atoms with Crippen molar-refractivity contribution in [3.8, 4) is 0 Å². The van der Waals surface area contributed by atoms with Gasteiger partial charge in [0.05, 0.1) is 22.6 Å². The lowest BCUT2D eigenvalue weighted by Crippen LogP contribution is -2.57. The number of hydrogen-bond acceptors (Lipinski definition) is 6. The van der Waals surface area contributed by atoms with Crippen molar-refractivity contribution in [3.05, 3.63) is 60.1 Å². The number of hydrogen-bond donors (Lipinski definition) is 2. The lowest BCUT2D eigenvalue weighted by atomic mass is 9.98. The Bertz CT molecular complexity index is 1380. The molecule has 5 rings (SSSR count). The SMILES string of the molecule is Cc1cn2cc(NC(=O)c3ccc(N4C[C@@H](C)N[C@H](C(C)C)C4)c4nccnc34)cc(F)c2n1. The van der Waals surface area contributed by atoms with Crippen LogP contribution in [0, 0.1) is 18.7 Å². The van der Waals surface area contributed by atoms with Crippen LogP contribution in [-0.2, 0) is 0 Å². The van der Waals surface area contributed by atoms with E-state index in [0.717, 1.165) is 18.8 Å². The Hall–Kier alpha value is -3.59. The Kier molecular flexibility index (Phi) is 5.65. The highest BCUT2D eigenvalue weighted by atomic mass is 19.1. The summed E-state index contributed by atoms with van der Waals surface area (Å²) >= 11 is 0. The summed E-state index contributed by atoms with van der Waals surface area (Å²) in [6.45, 7) is 10.1. The van der Waals surface area contributed by atoms with E-state index in [1.165, 1.54) is 6.07 Å². The second-order valence-corrected chi connectivity index (χ2v) is 9.35. The van der Waals surface area contributed by atoms with Crippen LogP contribution in [-0.4, -0.2) is 50.4 Å². The number of piperazine rings is 1. The normalized spacial score (nSPS) is 18.7. The van der Waals surface area contributed by atoms with Crippen molar-refractivity contribution < 1.29 is 9.18 Å². The van der Waals surface area contributed by atoms with E-state index < -0.39 is 5.82 Å². The van der Waals surface area contributed by atoms with E-state index in [9.17, 15) is 9.18 Å². The van der Waals surface area contributed by atoms with Gasteiger partial charge in [0.1, 0.15) is 11.0 Å². The maximum atomic E-state index is 14.5. The third-order valence-corrected chi connectivity index (χ3v) is 6.29. The second kappa shape index (κ2) is 8.64. The molecule has 0 aliphatic carbocycles. The highest BCUT2D eigenvalue weighted by Crippen LogP contribution is 2.29. The summed E-state index contributed by atoms with van der Waals surface area (Å²) < 4.78 is 16.0. The zero-order valence-electron chi connectivity index (χ0n) is 19.7. The zero-order valence-corrected chi connectivity index (χ0v) is 19.7. The van der Waals surface area contributed by atoms with Crippen LogP contribution in [0.4, 0.5) is 15.8 Å². The number of anilines is 2. The van der Waals surface area contributed by atoms with Gasteiger partial charge < -0.3 is 19.9 Å². The highest BCUT2D eigenvalue weighted by Gasteiger charge is 2.28. The summed E-state index contributed by atoms with van der Waals surface area (Å²) in [4.78, 5) is 28.8. The maximum Gasteiger partial charge on any atom is 0.257 e. The van der Waals surface area contributed by atoms with Gasteiger partial charge in [-0.25, -0.2) is 9.37 Å². The standard InChI is InChI=1S/C25H28FN7O/c1-14(2)20-13-32(10-15(3)29-20)21-6-5-18(22-23(21)28-8-7-27-22)25(34)31-17-9-19(26)24-30-16(4)11-33(24)12-17/h5-9,11-12,14-15,20,29H,10,13H2,1-4H3,(H,31,34)/t15-,20+/m1/s1. The molecule has 3 aromatic heterocycles. The molecule has 34 heavy (non-hydrogen) atoms. The van der Waals surface area contributed by atoms with Gasteiger partial charge in [-0.15, -0.1) is 0 Å². The third kappa shape index (κ3) is 4.07. The molecule has 0 bridgehead atoms. The predicted molar refractivity (Wildman–Crippen MR) is 131 cm³/mol. The number of pyridine rings is 1. The predicted octanol–water partition coefficient (Wildman–Crippen LogP) is 3.80. The quantitative estimate of drug-likeness (QED) is 0.481. The molecule has 0 unspecified atom stereocenters. The van der Waals surface area contributed by atoms with Crippen LogP contribution in [0.3, 0.4) is 0 Å². The van der Waals surface area contributed by atoms with Gasteiger partial charge in [-0.1, -0.05) is 13.8 Å². The van der Waals surface area contributed by atoms with Gasteiger partial charge in [0.2, 0.25) is 0 Å². The summed E-state index contributed by atoms with van der Waals surface area (Å²) in [5.74, 6) is -0.385. The van der Waals surface area contributed by atoms with Crippen molar-refractivity contribution in [1.82, 2.24) is 24.7 Å². The molecule has 4 heterocycles. The van der Waals surface area contributed by atoms with Crippen molar-refractivity contribution in [3.63, 3.8) is 0 Å². The Labute approximate surface area is 197 Å². The lowest BCUT2D eigenvalue weighted by molar-refractivity contribution is 0.102. The topological polar surface area (TPSA) is 87.5 Å². The van der Waals surface area contributed by atoms with E-state index in [1.54, 1.807) is 42.2 Å². The van der Waals surface area contributed by atoms with E-state index in [4.69, 9.17) is 0 Å². The Morgan fingerprint density at radius 3 is 2.71 bits per heavy atom. The molecular formula is C25H28FN7O. The molecule has 176 valence electrons. The highest BCUT2D eigenvalue weighted by molar-refractivity contribution is 6.13. The van der Waals surface area contributed by atoms with Gasteiger partial charge in [0.25, 0.3) is 5.91 Å². The number of carbonyl (C=O) groups is 1. The molecule has 4 aromatic rings. The molecule has 1 aliphatic rings. The molecule has 2 atom stereocenters. The number of carbonyl (C=O) groups excluding carboxylic acids is 1. The number of halogens is 1. The van der Waals surface area contributed by atoms with E-state index in [-0.39, 0.29) is 11.6 Å². The fourth-order valence-electron chi connectivity index (χ4n) is 4.64. The smallest absolute Gasteiger partial charge is 0.257 e. The van der Waals surface area contributed by atoms with Crippen LogP contribution >= 0.6 is 0 Å². The van der Waals surface area contributed by atoms with Crippen molar-refractivity contribution >= 4 is 34.0 Å². The zero-order chi connectivity index (χ0) is 24.0. The first-order chi connectivity index (χ1) is 16.3. The maximum absolute atomic E-state index is 14.5. The van der Waals surface area contributed by atoms with Gasteiger partial charge in [-0.3, -0.25) is 14.8 Å². The van der Waals surface area contributed by atoms with E-state index in [0.29, 0.717) is 46.0 Å². The van der Waals surface area contributed by atoms with Gasteiger partial charge >= 0.3 is 0 Å². The third-order valence-electron chi connectivity index (χ3n) is 6.29. The number of benzene rings is 1. The number of amides is 1. The molecule has 1 amide bonds. The van der Waals surface area contributed by atoms with Crippen LogP contribution in [0.5, 0.6) is 0 Å². The van der Waals surface area contributed by atoms with E-state index in [1.807, 2.05) is 6.07 Å². The average Bonchev–Trinajstić information content (AvgIpc) is 3.18. The monoisotopic (exact) mass is 461 g/mol. The molecule has 0 radical (unpaired) electrons. The summed E-state index contributed by atoms with van der Waals surface area (Å²) in [5.41, 5.74) is 3.80. The Morgan fingerprint density at radius 2 is 1.94 bits per heavy atom. The number of nitrogens with zero attached hydrogens (tertiary/aromatic N) is 5. The number of rotatable bonds is 4. The number of nitrogens with one attached hydrogen (secondary N) is 2. The van der Waals surface area contributed by atoms with Crippen LogP contribution < -0.4 is 15.5 Å². The molecule has 0 spiro atoms. The van der Waals surface area contributed by atoms with Crippen LogP contribution in [0.1, 0.15) is 36.8 Å². The van der Waals surface area contributed by atoms with E-state index >= 15 is 0 Å². The largest absolute Gasteiger partial charge is 0.367 e. The Balaban J connectivity index is 1.49. The minimum Gasteiger partial charge on any atom is -0.367 e. The number of imidazole rings is 1. The first kappa shape index (κ1) is 22.2. The first-order valence-electron chi connectivity index (χ1n) is 11.5. The van der Waals surface area contributed by atoms with Crippen molar-refractivity contribution in [2.24, 2.45) is 5.92 Å². The average molecular weight is 462 g/mol. The van der Waals surface area contributed by atoms with Gasteiger partial charge in [0.15, 0.2) is 11.5 Å². The molecule has 1 saturated heterocycles. The van der Waals surface area contributed by atoms with Gasteiger partial charge in [0, 0.05) is 56.0 Å². The van der Waals surface area contributed by atoms with Crippen LogP contribution in [0.2, 0.25) is 0 Å².